The molecule has 0 saturated heterocycles. The Labute approximate surface area is 154 Å². The third kappa shape index (κ3) is 3.94. The number of aryl methyl sites for hydroxylation is 1. The molecule has 0 saturated carbocycles. The van der Waals surface area contributed by atoms with E-state index in [0.29, 0.717) is 26.1 Å². The summed E-state index contributed by atoms with van der Waals surface area (Å²) in [7, 11) is 1.59. The number of ether oxygens (including phenoxy) is 1. The summed E-state index contributed by atoms with van der Waals surface area (Å²) in [6.45, 7) is 3.25. The van der Waals surface area contributed by atoms with Gasteiger partial charge in [-0.2, -0.15) is 0 Å². The molecule has 0 fully saturated rings. The summed E-state index contributed by atoms with van der Waals surface area (Å²) in [5.74, 6) is -0.209. The number of benzene rings is 2. The minimum Gasteiger partial charge on any atom is -0.383 e. The van der Waals surface area contributed by atoms with Gasteiger partial charge in [-0.1, -0.05) is 54.1 Å². The zero-order valence-corrected chi connectivity index (χ0v) is 15.2. The first kappa shape index (κ1) is 18.1. The van der Waals surface area contributed by atoms with Gasteiger partial charge in [-0.15, -0.1) is 0 Å². The van der Waals surface area contributed by atoms with Crippen LogP contribution in [0.3, 0.4) is 0 Å². The molecule has 1 heterocycles. The summed E-state index contributed by atoms with van der Waals surface area (Å²) in [4.78, 5) is 27.2. The molecule has 1 aliphatic rings. The van der Waals surface area contributed by atoms with E-state index in [9.17, 15) is 9.59 Å². The SMILES string of the molecule is COCCN1C(=O)Cc2ccccc2[C@H]1C(=O)NCc1cccc(C)c1. The zero-order chi connectivity index (χ0) is 18.5. The van der Waals surface area contributed by atoms with Crippen LogP contribution < -0.4 is 5.32 Å². The van der Waals surface area contributed by atoms with Crippen LogP contribution in [-0.4, -0.2) is 37.0 Å². The van der Waals surface area contributed by atoms with Crippen molar-refractivity contribution in [2.75, 3.05) is 20.3 Å². The lowest BCUT2D eigenvalue weighted by Crippen LogP contribution is -2.48. The van der Waals surface area contributed by atoms with E-state index in [2.05, 4.69) is 5.32 Å². The Morgan fingerprint density at radius 1 is 1.23 bits per heavy atom. The van der Waals surface area contributed by atoms with Gasteiger partial charge >= 0.3 is 0 Å². The summed E-state index contributed by atoms with van der Waals surface area (Å²) < 4.78 is 5.13. The van der Waals surface area contributed by atoms with E-state index in [0.717, 1.165) is 22.3 Å². The molecular formula is C21H24N2O3. The second kappa shape index (κ2) is 8.15. The Morgan fingerprint density at radius 3 is 2.81 bits per heavy atom. The van der Waals surface area contributed by atoms with Crippen LogP contribution >= 0.6 is 0 Å². The number of rotatable bonds is 6. The first-order valence-electron chi connectivity index (χ1n) is 8.79. The van der Waals surface area contributed by atoms with Crippen molar-refractivity contribution in [3.05, 3.63) is 70.8 Å². The number of methoxy groups -OCH3 is 1. The molecular weight excluding hydrogens is 328 g/mol. The van der Waals surface area contributed by atoms with Crippen LogP contribution in [0.25, 0.3) is 0 Å². The number of hydrogen-bond acceptors (Lipinski definition) is 3. The number of fused-ring (bicyclic) bond motifs is 1. The average molecular weight is 352 g/mol. The second-order valence-corrected chi connectivity index (χ2v) is 6.56. The first-order valence-corrected chi connectivity index (χ1v) is 8.79. The lowest BCUT2D eigenvalue weighted by Gasteiger charge is -2.36. The van der Waals surface area contributed by atoms with Gasteiger partial charge in [0.2, 0.25) is 11.8 Å². The highest BCUT2D eigenvalue weighted by Crippen LogP contribution is 2.30. The summed E-state index contributed by atoms with van der Waals surface area (Å²) >= 11 is 0. The fourth-order valence-corrected chi connectivity index (χ4v) is 3.37. The van der Waals surface area contributed by atoms with Crippen molar-refractivity contribution in [3.63, 3.8) is 0 Å². The number of carbonyl (C=O) groups is 2. The van der Waals surface area contributed by atoms with E-state index >= 15 is 0 Å². The molecule has 26 heavy (non-hydrogen) atoms. The Bertz CT molecular complexity index is 803. The van der Waals surface area contributed by atoms with Crippen molar-refractivity contribution in [1.29, 1.82) is 0 Å². The van der Waals surface area contributed by atoms with Gasteiger partial charge in [0.15, 0.2) is 0 Å². The van der Waals surface area contributed by atoms with Crippen molar-refractivity contribution >= 4 is 11.8 Å². The number of nitrogens with one attached hydrogen (secondary N) is 1. The molecule has 2 aromatic rings. The molecule has 5 nitrogen and oxygen atoms in total. The Morgan fingerprint density at radius 2 is 2.04 bits per heavy atom. The molecule has 1 atom stereocenters. The second-order valence-electron chi connectivity index (χ2n) is 6.56. The topological polar surface area (TPSA) is 58.6 Å². The minimum atomic E-state index is -0.618. The smallest absolute Gasteiger partial charge is 0.247 e. The highest BCUT2D eigenvalue weighted by Gasteiger charge is 2.36. The van der Waals surface area contributed by atoms with Gasteiger partial charge in [0.05, 0.1) is 13.0 Å². The molecule has 0 aromatic heterocycles. The van der Waals surface area contributed by atoms with E-state index in [-0.39, 0.29) is 11.8 Å². The quantitative estimate of drug-likeness (QED) is 0.868. The number of carbonyl (C=O) groups excluding carboxylic acids is 2. The van der Waals surface area contributed by atoms with Crippen molar-refractivity contribution < 1.29 is 14.3 Å². The molecule has 0 aliphatic carbocycles. The molecule has 0 unspecified atom stereocenters. The van der Waals surface area contributed by atoms with E-state index < -0.39 is 6.04 Å². The van der Waals surface area contributed by atoms with Gasteiger partial charge in [0.1, 0.15) is 6.04 Å². The van der Waals surface area contributed by atoms with Crippen LogP contribution in [0.5, 0.6) is 0 Å². The monoisotopic (exact) mass is 352 g/mol. The van der Waals surface area contributed by atoms with Crippen molar-refractivity contribution in [3.8, 4) is 0 Å². The third-order valence-electron chi connectivity index (χ3n) is 4.66. The van der Waals surface area contributed by atoms with Gasteiger partial charge in [-0.25, -0.2) is 0 Å². The molecule has 136 valence electrons. The van der Waals surface area contributed by atoms with E-state index in [1.807, 2.05) is 55.5 Å². The van der Waals surface area contributed by atoms with Crippen LogP contribution in [-0.2, 0) is 27.3 Å². The van der Waals surface area contributed by atoms with Gasteiger partial charge in [0, 0.05) is 20.2 Å². The van der Waals surface area contributed by atoms with Gasteiger partial charge in [-0.05, 0) is 23.6 Å². The van der Waals surface area contributed by atoms with Gasteiger partial charge in [0.25, 0.3) is 0 Å². The zero-order valence-electron chi connectivity index (χ0n) is 15.2. The summed E-state index contributed by atoms with van der Waals surface area (Å²) in [5, 5.41) is 2.99. The fraction of sp³-hybridized carbons (Fsp3) is 0.333. The summed E-state index contributed by atoms with van der Waals surface area (Å²) in [6, 6.07) is 15.1. The van der Waals surface area contributed by atoms with Crippen LogP contribution in [0, 0.1) is 6.92 Å². The van der Waals surface area contributed by atoms with Crippen molar-refractivity contribution in [2.45, 2.75) is 25.9 Å². The maximum Gasteiger partial charge on any atom is 0.247 e. The predicted octanol–water partition coefficient (Wildman–Crippen LogP) is 2.38. The van der Waals surface area contributed by atoms with E-state index in [1.165, 1.54) is 0 Å². The standard InChI is InChI=1S/C21H24N2O3/c1-15-6-5-7-16(12-15)14-22-21(25)20-18-9-4-3-8-17(18)13-19(24)23(20)10-11-26-2/h3-9,12,20H,10-11,13-14H2,1-2H3,(H,22,25)/t20-/m0/s1. The van der Waals surface area contributed by atoms with Crippen LogP contribution in [0.15, 0.2) is 48.5 Å². The van der Waals surface area contributed by atoms with Crippen molar-refractivity contribution in [1.82, 2.24) is 10.2 Å². The maximum absolute atomic E-state index is 13.0. The molecule has 1 N–H and O–H groups in total. The van der Waals surface area contributed by atoms with Gasteiger partial charge < -0.3 is 15.0 Å². The van der Waals surface area contributed by atoms with Crippen LogP contribution in [0.1, 0.15) is 28.3 Å². The highest BCUT2D eigenvalue weighted by molar-refractivity contribution is 5.92. The predicted molar refractivity (Wildman–Crippen MR) is 99.5 cm³/mol. The molecule has 2 aromatic carbocycles. The Kier molecular flexibility index (Phi) is 5.68. The molecule has 0 spiro atoms. The summed E-state index contributed by atoms with van der Waals surface area (Å²) in [6.07, 6.45) is 0.321. The number of nitrogens with zero attached hydrogens (tertiary/aromatic N) is 1. The first-order chi connectivity index (χ1) is 12.6. The number of amides is 2. The fourth-order valence-electron chi connectivity index (χ4n) is 3.37. The van der Waals surface area contributed by atoms with Gasteiger partial charge in [-0.3, -0.25) is 9.59 Å². The maximum atomic E-state index is 13.0. The molecule has 2 amide bonds. The Balaban J connectivity index is 1.82. The molecule has 1 aliphatic heterocycles. The minimum absolute atomic E-state index is 0.0449. The normalized spacial score (nSPS) is 16.3. The third-order valence-corrected chi connectivity index (χ3v) is 4.66. The highest BCUT2D eigenvalue weighted by atomic mass is 16.5. The molecule has 0 bridgehead atoms. The Hall–Kier alpha value is -2.66. The molecule has 0 radical (unpaired) electrons. The van der Waals surface area contributed by atoms with Crippen LogP contribution in [0.2, 0.25) is 0 Å². The lowest BCUT2D eigenvalue weighted by molar-refractivity contribution is -0.142. The molecule has 5 heteroatoms. The number of hydrogen-bond donors (Lipinski definition) is 1. The van der Waals surface area contributed by atoms with Crippen LogP contribution in [0.4, 0.5) is 0 Å². The van der Waals surface area contributed by atoms with E-state index in [1.54, 1.807) is 12.0 Å². The lowest BCUT2D eigenvalue weighted by atomic mass is 9.91. The van der Waals surface area contributed by atoms with E-state index in [4.69, 9.17) is 4.74 Å². The summed E-state index contributed by atoms with van der Waals surface area (Å²) in [5.41, 5.74) is 4.00. The van der Waals surface area contributed by atoms with Crippen molar-refractivity contribution in [2.24, 2.45) is 0 Å². The average Bonchev–Trinajstić information content (AvgIpc) is 2.64. The largest absolute Gasteiger partial charge is 0.383 e. The molecule has 3 rings (SSSR count).